The van der Waals surface area contributed by atoms with Gasteiger partial charge in [0.1, 0.15) is 18.0 Å². The van der Waals surface area contributed by atoms with Crippen molar-refractivity contribution in [2.75, 3.05) is 6.61 Å². The zero-order chi connectivity index (χ0) is 23.7. The highest BCUT2D eigenvalue weighted by Gasteiger charge is 2.31. The lowest BCUT2D eigenvalue weighted by atomic mass is 9.91. The summed E-state index contributed by atoms with van der Waals surface area (Å²) in [7, 11) is 1.74. The Bertz CT molecular complexity index is 1190. The van der Waals surface area contributed by atoms with Crippen molar-refractivity contribution in [2.45, 2.75) is 59.1 Å². The maximum absolute atomic E-state index is 12.9. The quantitative estimate of drug-likeness (QED) is 0.558. The molecule has 0 saturated heterocycles. The van der Waals surface area contributed by atoms with E-state index in [9.17, 15) is 9.59 Å². The van der Waals surface area contributed by atoms with Crippen LogP contribution in [0.5, 0.6) is 5.75 Å². The molecule has 0 radical (unpaired) electrons. The van der Waals surface area contributed by atoms with Crippen molar-refractivity contribution in [2.24, 2.45) is 13.0 Å². The molecule has 32 heavy (non-hydrogen) atoms. The Hall–Kier alpha value is -3.09. The van der Waals surface area contributed by atoms with E-state index in [0.717, 1.165) is 16.3 Å². The van der Waals surface area contributed by atoms with E-state index in [1.807, 2.05) is 45.9 Å². The van der Waals surface area contributed by atoms with Gasteiger partial charge in [-0.15, -0.1) is 0 Å². The Morgan fingerprint density at radius 1 is 1.12 bits per heavy atom. The molecule has 0 aliphatic carbocycles. The Labute approximate surface area is 188 Å². The average molecular weight is 440 g/mol. The van der Waals surface area contributed by atoms with Gasteiger partial charge < -0.3 is 19.4 Å². The van der Waals surface area contributed by atoms with Crippen LogP contribution in [0.3, 0.4) is 0 Å². The number of carbonyl (C=O) groups excluding carboxylic acids is 1. The average Bonchev–Trinajstić information content (AvgIpc) is 2.68. The lowest BCUT2D eigenvalue weighted by Crippen LogP contribution is -2.52. The van der Waals surface area contributed by atoms with Crippen molar-refractivity contribution in [1.29, 1.82) is 0 Å². The molecule has 0 spiro atoms. The third-order valence-electron chi connectivity index (χ3n) is 5.20. The molecule has 7 nitrogen and oxygen atoms in total. The second kappa shape index (κ2) is 8.81. The van der Waals surface area contributed by atoms with Gasteiger partial charge in [0.25, 0.3) is 5.56 Å². The molecule has 0 saturated carbocycles. The van der Waals surface area contributed by atoms with Crippen LogP contribution in [0.1, 0.15) is 48.0 Å². The molecule has 0 fully saturated rings. The maximum Gasteiger partial charge on any atom is 0.408 e. The standard InChI is InChI=1S/C25H33N3O4/c1-16(2)13-25(6,27-23(30)32-24(3,4)5)15-31-17-8-9-18-19-10-11-26-14-21(19)28(7)22(29)20(18)12-17/h8-12,14,16H,13,15H2,1-7H3,(H,27,30). The summed E-state index contributed by atoms with van der Waals surface area (Å²) in [5, 5.41) is 5.37. The topological polar surface area (TPSA) is 82.5 Å². The number of pyridine rings is 2. The van der Waals surface area contributed by atoms with E-state index in [2.05, 4.69) is 24.1 Å². The van der Waals surface area contributed by atoms with Crippen LogP contribution in [0.4, 0.5) is 4.79 Å². The molecule has 0 aliphatic heterocycles. The summed E-state index contributed by atoms with van der Waals surface area (Å²) in [6.45, 7) is 11.9. The number of ether oxygens (including phenoxy) is 2. The number of fused-ring (bicyclic) bond motifs is 3. The number of aryl methyl sites for hydroxylation is 1. The molecule has 1 amide bonds. The molecule has 0 bridgehead atoms. The van der Waals surface area contributed by atoms with Gasteiger partial charge in [0.15, 0.2) is 0 Å². The zero-order valence-electron chi connectivity index (χ0n) is 20.0. The Morgan fingerprint density at radius 2 is 1.84 bits per heavy atom. The molecule has 2 aromatic heterocycles. The minimum Gasteiger partial charge on any atom is -0.491 e. The van der Waals surface area contributed by atoms with Crippen LogP contribution in [-0.4, -0.2) is 33.4 Å². The van der Waals surface area contributed by atoms with Crippen LogP contribution in [0.2, 0.25) is 0 Å². The molecule has 3 aromatic rings. The number of nitrogens with zero attached hydrogens (tertiary/aromatic N) is 2. The second-order valence-electron chi connectivity index (χ2n) is 10.0. The third-order valence-corrected chi connectivity index (χ3v) is 5.20. The third kappa shape index (κ3) is 5.39. The number of amides is 1. The highest BCUT2D eigenvalue weighted by molar-refractivity contribution is 6.05. The molecule has 1 N–H and O–H groups in total. The van der Waals surface area contributed by atoms with E-state index in [4.69, 9.17) is 9.47 Å². The fraction of sp³-hybridized carbons (Fsp3) is 0.480. The molecule has 1 atom stereocenters. The summed E-state index contributed by atoms with van der Waals surface area (Å²) in [6.07, 6.45) is 3.65. The van der Waals surface area contributed by atoms with Crippen molar-refractivity contribution in [1.82, 2.24) is 14.9 Å². The van der Waals surface area contributed by atoms with E-state index in [-0.39, 0.29) is 12.2 Å². The highest BCUT2D eigenvalue weighted by Crippen LogP contribution is 2.26. The fourth-order valence-corrected chi connectivity index (χ4v) is 4.04. The zero-order valence-corrected chi connectivity index (χ0v) is 20.0. The number of alkyl carbamates (subject to hydrolysis) is 1. The van der Waals surface area contributed by atoms with Crippen LogP contribution in [0.15, 0.2) is 41.5 Å². The number of nitrogens with one attached hydrogen (secondary N) is 1. The van der Waals surface area contributed by atoms with Crippen LogP contribution < -0.4 is 15.6 Å². The predicted molar refractivity (Wildman–Crippen MR) is 127 cm³/mol. The number of hydrogen-bond acceptors (Lipinski definition) is 5. The second-order valence-corrected chi connectivity index (χ2v) is 10.0. The summed E-state index contributed by atoms with van der Waals surface area (Å²) in [5.74, 6) is 0.909. The van der Waals surface area contributed by atoms with Crippen molar-refractivity contribution in [3.05, 3.63) is 47.0 Å². The summed E-state index contributed by atoms with van der Waals surface area (Å²) in [6, 6.07) is 7.42. The summed E-state index contributed by atoms with van der Waals surface area (Å²) < 4.78 is 13.1. The smallest absolute Gasteiger partial charge is 0.408 e. The van der Waals surface area contributed by atoms with Gasteiger partial charge in [0.2, 0.25) is 0 Å². The SMILES string of the molecule is CC(C)CC(C)(COc1ccc2c(c1)c(=O)n(C)c1cnccc21)NC(=O)OC(C)(C)C. The first-order valence-electron chi connectivity index (χ1n) is 10.9. The van der Waals surface area contributed by atoms with Gasteiger partial charge >= 0.3 is 6.09 Å². The Kier molecular flexibility index (Phi) is 6.49. The van der Waals surface area contributed by atoms with Gasteiger partial charge in [-0.25, -0.2) is 4.79 Å². The lowest BCUT2D eigenvalue weighted by Gasteiger charge is -2.33. The summed E-state index contributed by atoms with van der Waals surface area (Å²) in [5.41, 5.74) is -0.543. The summed E-state index contributed by atoms with van der Waals surface area (Å²) in [4.78, 5) is 29.5. The fourth-order valence-electron chi connectivity index (χ4n) is 4.04. The van der Waals surface area contributed by atoms with Crippen LogP contribution in [0.25, 0.3) is 21.7 Å². The first-order chi connectivity index (χ1) is 14.9. The van der Waals surface area contributed by atoms with Gasteiger partial charge in [-0.05, 0) is 69.7 Å². The summed E-state index contributed by atoms with van der Waals surface area (Å²) >= 11 is 0. The van der Waals surface area contributed by atoms with Crippen molar-refractivity contribution >= 4 is 27.8 Å². The van der Waals surface area contributed by atoms with Gasteiger partial charge in [0, 0.05) is 18.6 Å². The molecule has 1 aromatic carbocycles. The minimum absolute atomic E-state index is 0.109. The number of aromatic nitrogens is 2. The number of benzene rings is 1. The van der Waals surface area contributed by atoms with Crippen LogP contribution >= 0.6 is 0 Å². The Morgan fingerprint density at radius 3 is 2.50 bits per heavy atom. The predicted octanol–water partition coefficient (Wildman–Crippen LogP) is 4.80. The highest BCUT2D eigenvalue weighted by atomic mass is 16.6. The van der Waals surface area contributed by atoms with E-state index in [1.165, 1.54) is 0 Å². The molecule has 1 unspecified atom stereocenters. The molecular weight excluding hydrogens is 406 g/mol. The van der Waals surface area contributed by atoms with Crippen molar-refractivity contribution in [3.8, 4) is 5.75 Å². The molecule has 7 heteroatoms. The number of hydrogen-bond donors (Lipinski definition) is 1. The molecule has 172 valence electrons. The van der Waals surface area contributed by atoms with E-state index >= 15 is 0 Å². The normalized spacial score (nSPS) is 13.9. The van der Waals surface area contributed by atoms with E-state index in [1.54, 1.807) is 30.1 Å². The van der Waals surface area contributed by atoms with E-state index < -0.39 is 17.2 Å². The van der Waals surface area contributed by atoms with Crippen LogP contribution in [-0.2, 0) is 11.8 Å². The Balaban J connectivity index is 1.88. The van der Waals surface area contributed by atoms with Gasteiger partial charge in [-0.3, -0.25) is 9.78 Å². The first-order valence-corrected chi connectivity index (χ1v) is 10.9. The number of carbonyl (C=O) groups is 1. The van der Waals surface area contributed by atoms with Gasteiger partial charge in [-0.1, -0.05) is 13.8 Å². The molecule has 3 rings (SSSR count). The van der Waals surface area contributed by atoms with Gasteiger partial charge in [0.05, 0.1) is 22.6 Å². The van der Waals surface area contributed by atoms with E-state index in [0.29, 0.717) is 23.5 Å². The monoisotopic (exact) mass is 439 g/mol. The molecule has 2 heterocycles. The van der Waals surface area contributed by atoms with Crippen molar-refractivity contribution in [3.63, 3.8) is 0 Å². The number of rotatable bonds is 6. The lowest BCUT2D eigenvalue weighted by molar-refractivity contribution is 0.0408. The first kappa shape index (κ1) is 23.6. The largest absolute Gasteiger partial charge is 0.491 e. The van der Waals surface area contributed by atoms with Gasteiger partial charge in [-0.2, -0.15) is 0 Å². The van der Waals surface area contributed by atoms with Crippen molar-refractivity contribution < 1.29 is 14.3 Å². The van der Waals surface area contributed by atoms with Crippen LogP contribution in [0, 0.1) is 5.92 Å². The minimum atomic E-state index is -0.633. The molecule has 0 aliphatic rings. The maximum atomic E-state index is 12.9. The molecular formula is C25H33N3O4.